The fraction of sp³-hybridized carbons (Fsp3) is 0.565. The first-order chi connectivity index (χ1) is 13.0. The van der Waals surface area contributed by atoms with Crippen molar-refractivity contribution in [2.24, 2.45) is 11.8 Å². The van der Waals surface area contributed by atoms with Gasteiger partial charge in [-0.1, -0.05) is 63.5 Å². The first-order valence-corrected chi connectivity index (χ1v) is 10.0. The van der Waals surface area contributed by atoms with Crippen LogP contribution < -0.4 is 0 Å². The van der Waals surface area contributed by atoms with E-state index >= 15 is 0 Å². The Morgan fingerprint density at radius 3 is 2.81 bits per heavy atom. The molecule has 0 spiro atoms. The molecule has 0 aromatic rings. The van der Waals surface area contributed by atoms with Crippen LogP contribution in [-0.4, -0.2) is 30.1 Å². The third-order valence-corrected chi connectivity index (χ3v) is 4.73. The minimum atomic E-state index is -0.467. The number of aliphatic hydroxyl groups excluding tert-OH is 1. The van der Waals surface area contributed by atoms with E-state index < -0.39 is 6.10 Å². The second kappa shape index (κ2) is 13.3. The third kappa shape index (κ3) is 9.53. The molecule has 27 heavy (non-hydrogen) atoms. The first kappa shape index (κ1) is 23.1. The quantitative estimate of drug-likeness (QED) is 0.233. The van der Waals surface area contributed by atoms with E-state index in [-0.39, 0.29) is 17.7 Å². The number of unbranched alkanes of at least 4 members (excludes halogenated alkanes) is 3. The van der Waals surface area contributed by atoms with Gasteiger partial charge in [0.2, 0.25) is 0 Å². The van der Waals surface area contributed by atoms with Gasteiger partial charge in [-0.15, -0.1) is 0 Å². The average molecular weight is 375 g/mol. The second-order valence-electron chi connectivity index (χ2n) is 7.20. The van der Waals surface area contributed by atoms with Crippen LogP contribution in [0.4, 0.5) is 0 Å². The van der Waals surface area contributed by atoms with Crippen molar-refractivity contribution in [3.05, 3.63) is 48.1 Å². The number of hydrogen-bond donors (Lipinski definition) is 1. The van der Waals surface area contributed by atoms with Crippen LogP contribution in [0.25, 0.3) is 0 Å². The number of ketones is 1. The van der Waals surface area contributed by atoms with E-state index in [9.17, 15) is 14.7 Å². The molecule has 1 rings (SSSR count). The molecule has 4 heteroatoms. The van der Waals surface area contributed by atoms with Crippen molar-refractivity contribution in [2.75, 3.05) is 7.11 Å². The van der Waals surface area contributed by atoms with Crippen LogP contribution in [0.5, 0.6) is 0 Å². The summed E-state index contributed by atoms with van der Waals surface area (Å²) in [4.78, 5) is 23.0. The van der Waals surface area contributed by atoms with E-state index in [1.54, 1.807) is 12.2 Å². The first-order valence-electron chi connectivity index (χ1n) is 10.0. The van der Waals surface area contributed by atoms with Crippen LogP contribution in [0.2, 0.25) is 0 Å². The zero-order chi connectivity index (χ0) is 20.1. The summed E-state index contributed by atoms with van der Waals surface area (Å²) in [6.45, 7) is 4.35. The SMILES string of the molecule is CCCCC(C)CC(O)C=CC1C=CC(=O)C1=CCCCC=CC(=O)OC. The van der Waals surface area contributed by atoms with Crippen molar-refractivity contribution in [1.82, 2.24) is 0 Å². The second-order valence-corrected chi connectivity index (χ2v) is 7.20. The molecule has 1 aliphatic rings. The van der Waals surface area contributed by atoms with Crippen LogP contribution in [-0.2, 0) is 14.3 Å². The molecule has 0 heterocycles. The summed E-state index contributed by atoms with van der Waals surface area (Å²) in [6.07, 6.45) is 18.6. The highest BCUT2D eigenvalue weighted by atomic mass is 16.5. The Labute approximate surface area is 163 Å². The molecule has 0 saturated heterocycles. The molecule has 3 unspecified atom stereocenters. The molecule has 0 bridgehead atoms. The van der Waals surface area contributed by atoms with Gasteiger partial charge in [-0.05, 0) is 37.7 Å². The number of ether oxygens (including phenoxy) is 1. The highest BCUT2D eigenvalue weighted by Crippen LogP contribution is 2.25. The van der Waals surface area contributed by atoms with Crippen molar-refractivity contribution in [1.29, 1.82) is 0 Å². The van der Waals surface area contributed by atoms with Crippen molar-refractivity contribution in [3.63, 3.8) is 0 Å². The van der Waals surface area contributed by atoms with Crippen molar-refractivity contribution < 1.29 is 19.4 Å². The number of esters is 1. The fourth-order valence-electron chi connectivity index (χ4n) is 3.11. The molecule has 0 radical (unpaired) electrons. The van der Waals surface area contributed by atoms with Gasteiger partial charge in [0.15, 0.2) is 5.78 Å². The summed E-state index contributed by atoms with van der Waals surface area (Å²) in [5, 5.41) is 10.2. The molecular formula is C23H34O4. The topological polar surface area (TPSA) is 63.6 Å². The molecule has 0 aromatic carbocycles. The van der Waals surface area contributed by atoms with Gasteiger partial charge in [-0.2, -0.15) is 0 Å². The normalized spacial score (nSPS) is 20.8. The van der Waals surface area contributed by atoms with Crippen molar-refractivity contribution in [2.45, 2.75) is 64.9 Å². The van der Waals surface area contributed by atoms with Crippen molar-refractivity contribution in [3.8, 4) is 0 Å². The van der Waals surface area contributed by atoms with E-state index in [4.69, 9.17) is 0 Å². The summed E-state index contributed by atoms with van der Waals surface area (Å²) < 4.78 is 4.54. The lowest BCUT2D eigenvalue weighted by atomic mass is 9.95. The molecule has 3 atom stereocenters. The minimum Gasteiger partial charge on any atom is -0.466 e. The Hall–Kier alpha value is -1.94. The van der Waals surface area contributed by atoms with Gasteiger partial charge in [-0.3, -0.25) is 4.79 Å². The number of methoxy groups -OCH3 is 1. The summed E-state index contributed by atoms with van der Waals surface area (Å²) in [5.74, 6) is 0.138. The van der Waals surface area contributed by atoms with E-state index in [0.29, 0.717) is 5.92 Å². The van der Waals surface area contributed by atoms with Crippen LogP contribution >= 0.6 is 0 Å². The highest BCUT2D eigenvalue weighted by Gasteiger charge is 2.20. The monoisotopic (exact) mass is 374 g/mol. The largest absolute Gasteiger partial charge is 0.466 e. The zero-order valence-electron chi connectivity index (χ0n) is 16.9. The third-order valence-electron chi connectivity index (χ3n) is 4.73. The predicted octanol–water partition coefficient (Wildman–Crippen LogP) is 4.70. The maximum Gasteiger partial charge on any atom is 0.330 e. The van der Waals surface area contributed by atoms with E-state index in [1.807, 2.05) is 24.3 Å². The lowest BCUT2D eigenvalue weighted by molar-refractivity contribution is -0.134. The molecule has 1 N–H and O–H groups in total. The molecule has 0 fully saturated rings. The summed E-state index contributed by atoms with van der Waals surface area (Å²) in [5.41, 5.74) is 0.773. The zero-order valence-corrected chi connectivity index (χ0v) is 16.9. The summed E-state index contributed by atoms with van der Waals surface area (Å²) in [7, 11) is 1.35. The number of allylic oxidation sites excluding steroid dienone is 6. The lowest BCUT2D eigenvalue weighted by Gasteiger charge is -2.14. The summed E-state index contributed by atoms with van der Waals surface area (Å²) >= 11 is 0. The smallest absolute Gasteiger partial charge is 0.330 e. The number of carbonyl (C=O) groups excluding carboxylic acids is 2. The van der Waals surface area contributed by atoms with Gasteiger partial charge >= 0.3 is 5.97 Å². The number of hydrogen-bond acceptors (Lipinski definition) is 4. The van der Waals surface area contributed by atoms with Gasteiger partial charge < -0.3 is 9.84 Å². The molecule has 0 saturated carbocycles. The Morgan fingerprint density at radius 2 is 2.11 bits per heavy atom. The van der Waals surface area contributed by atoms with Gasteiger partial charge in [0, 0.05) is 17.6 Å². The predicted molar refractivity (Wildman–Crippen MR) is 109 cm³/mol. The minimum absolute atomic E-state index is 0.0422. The van der Waals surface area contributed by atoms with Crippen LogP contribution in [0.15, 0.2) is 48.1 Å². The van der Waals surface area contributed by atoms with E-state index in [0.717, 1.165) is 37.7 Å². The summed E-state index contributed by atoms with van der Waals surface area (Å²) in [6, 6.07) is 0. The maximum atomic E-state index is 12.0. The standard InChI is InChI=1S/C23H34O4/c1-4-5-10-18(2)17-20(24)15-13-19-14-16-22(25)21(19)11-8-6-7-9-12-23(26)27-3/h9,11-16,18-20,24H,4-8,10,17H2,1-3H3. The highest BCUT2D eigenvalue weighted by molar-refractivity contribution is 6.07. The average Bonchev–Trinajstić information content (AvgIpc) is 3.00. The Kier molecular flexibility index (Phi) is 11.3. The van der Waals surface area contributed by atoms with Crippen LogP contribution in [0.1, 0.15) is 58.8 Å². The number of aliphatic hydroxyl groups is 1. The van der Waals surface area contributed by atoms with Crippen LogP contribution in [0, 0.1) is 11.8 Å². The molecule has 1 aliphatic carbocycles. The molecule has 4 nitrogen and oxygen atoms in total. The van der Waals surface area contributed by atoms with E-state index in [1.165, 1.54) is 26.0 Å². The number of carbonyl (C=O) groups is 2. The Morgan fingerprint density at radius 1 is 1.33 bits per heavy atom. The van der Waals surface area contributed by atoms with Gasteiger partial charge in [0.05, 0.1) is 13.2 Å². The number of rotatable bonds is 12. The van der Waals surface area contributed by atoms with E-state index in [2.05, 4.69) is 18.6 Å². The van der Waals surface area contributed by atoms with Gasteiger partial charge in [-0.25, -0.2) is 4.79 Å². The molecule has 150 valence electrons. The molecule has 0 amide bonds. The molecular weight excluding hydrogens is 340 g/mol. The molecule has 0 aromatic heterocycles. The van der Waals surface area contributed by atoms with Crippen molar-refractivity contribution >= 4 is 11.8 Å². The van der Waals surface area contributed by atoms with Gasteiger partial charge in [0.1, 0.15) is 0 Å². The molecule has 0 aliphatic heterocycles. The Bertz CT molecular complexity index is 583. The van der Waals surface area contributed by atoms with Crippen LogP contribution in [0.3, 0.4) is 0 Å². The maximum absolute atomic E-state index is 12.0. The lowest BCUT2D eigenvalue weighted by Crippen LogP contribution is -2.10. The van der Waals surface area contributed by atoms with Gasteiger partial charge in [0.25, 0.3) is 0 Å². The fourth-order valence-corrected chi connectivity index (χ4v) is 3.11. The Balaban J connectivity index is 2.47.